The molecular formula is C30H30Cl2F2N4O6. The van der Waals surface area contributed by atoms with Crippen molar-refractivity contribution in [3.63, 3.8) is 0 Å². The van der Waals surface area contributed by atoms with Gasteiger partial charge in [-0.05, 0) is 56.5 Å². The van der Waals surface area contributed by atoms with Crippen molar-refractivity contribution in [1.82, 2.24) is 20.5 Å². The topological polar surface area (TPSA) is 134 Å². The molecule has 3 N–H and O–H groups in total. The minimum atomic E-state index is -0.534. The SMILES string of the molecule is COC(=O)N1CC[C@H](c2cc(=O)[nH]o2)C[C@H]1c1ccc(Cl)cc1F.O=c1cc([C@@H]2CCN[C@@H](c3ccc(Cl)cc3F)C2)o[nH]1. The molecule has 2 aliphatic heterocycles. The van der Waals surface area contributed by atoms with Crippen LogP contribution in [-0.2, 0) is 4.74 Å². The number of methoxy groups -OCH3 is 1. The highest BCUT2D eigenvalue weighted by atomic mass is 35.5. The number of benzene rings is 2. The normalized spacial score (nSPS) is 21.8. The largest absolute Gasteiger partial charge is 0.453 e. The van der Waals surface area contributed by atoms with Gasteiger partial charge in [-0.15, -0.1) is 0 Å². The first-order valence-corrected chi connectivity index (χ1v) is 14.7. The maximum absolute atomic E-state index is 14.4. The second-order valence-corrected chi connectivity index (χ2v) is 11.6. The van der Waals surface area contributed by atoms with E-state index in [1.54, 1.807) is 24.3 Å². The van der Waals surface area contributed by atoms with E-state index in [-0.39, 0.29) is 39.8 Å². The van der Waals surface area contributed by atoms with Gasteiger partial charge < -0.3 is 24.0 Å². The number of amides is 1. The van der Waals surface area contributed by atoms with E-state index >= 15 is 0 Å². The number of H-pyrrole nitrogens is 2. The van der Waals surface area contributed by atoms with Gasteiger partial charge in [0.05, 0.1) is 13.2 Å². The Balaban J connectivity index is 0.000000177. The molecule has 234 valence electrons. The quantitative estimate of drug-likeness (QED) is 0.232. The fourth-order valence-corrected chi connectivity index (χ4v) is 6.14. The van der Waals surface area contributed by atoms with Crippen LogP contribution in [-0.4, -0.2) is 41.5 Å². The van der Waals surface area contributed by atoms with Gasteiger partial charge in [-0.2, -0.15) is 10.3 Å². The zero-order valence-corrected chi connectivity index (χ0v) is 25.1. The Morgan fingerprint density at radius 2 is 1.43 bits per heavy atom. The van der Waals surface area contributed by atoms with Crippen molar-refractivity contribution < 1.29 is 27.4 Å². The number of nitrogens with zero attached hydrogens (tertiary/aromatic N) is 1. The van der Waals surface area contributed by atoms with Crippen LogP contribution in [0.3, 0.4) is 0 Å². The smallest absolute Gasteiger partial charge is 0.409 e. The molecule has 0 radical (unpaired) electrons. The van der Waals surface area contributed by atoms with Gasteiger partial charge in [-0.3, -0.25) is 9.59 Å². The molecule has 4 aromatic rings. The average Bonchev–Trinajstić information content (AvgIpc) is 3.65. The molecule has 2 fully saturated rings. The van der Waals surface area contributed by atoms with E-state index in [9.17, 15) is 23.2 Å². The summed E-state index contributed by atoms with van der Waals surface area (Å²) in [7, 11) is 1.29. The summed E-state index contributed by atoms with van der Waals surface area (Å²) in [5.74, 6) is 0.337. The molecule has 2 saturated heterocycles. The lowest BCUT2D eigenvalue weighted by atomic mass is 9.85. The Kier molecular flexibility index (Phi) is 9.92. The van der Waals surface area contributed by atoms with E-state index < -0.39 is 18.0 Å². The molecular weight excluding hydrogens is 621 g/mol. The third kappa shape index (κ3) is 7.25. The monoisotopic (exact) mass is 650 g/mol. The number of hydrogen-bond acceptors (Lipinski definition) is 7. The van der Waals surface area contributed by atoms with Crippen LogP contribution in [0.2, 0.25) is 10.0 Å². The van der Waals surface area contributed by atoms with E-state index in [1.807, 2.05) is 0 Å². The molecule has 0 saturated carbocycles. The second-order valence-electron chi connectivity index (χ2n) is 10.7. The molecule has 0 spiro atoms. The van der Waals surface area contributed by atoms with Crippen LogP contribution in [0, 0.1) is 11.6 Å². The van der Waals surface area contributed by atoms with Gasteiger partial charge in [0.25, 0.3) is 11.1 Å². The molecule has 1 amide bonds. The predicted octanol–water partition coefficient (Wildman–Crippen LogP) is 6.42. The first kappa shape index (κ1) is 31.6. The summed E-state index contributed by atoms with van der Waals surface area (Å²) in [6.45, 7) is 1.10. The van der Waals surface area contributed by atoms with Crippen LogP contribution < -0.4 is 16.4 Å². The fourth-order valence-electron chi connectivity index (χ4n) is 5.82. The molecule has 10 nitrogen and oxygen atoms in total. The Labute approximate surface area is 260 Å². The summed E-state index contributed by atoms with van der Waals surface area (Å²) in [6.07, 6.45) is 2.00. The summed E-state index contributed by atoms with van der Waals surface area (Å²) in [5.41, 5.74) is 0.381. The molecule has 2 aromatic heterocycles. The first-order valence-electron chi connectivity index (χ1n) is 14.0. The van der Waals surface area contributed by atoms with Crippen molar-refractivity contribution in [3.8, 4) is 0 Å². The number of carbonyl (C=O) groups is 1. The van der Waals surface area contributed by atoms with Gasteiger partial charge >= 0.3 is 6.09 Å². The predicted molar refractivity (Wildman–Crippen MR) is 158 cm³/mol. The lowest BCUT2D eigenvalue weighted by Crippen LogP contribution is -2.40. The highest BCUT2D eigenvalue weighted by Crippen LogP contribution is 2.40. The molecule has 0 bridgehead atoms. The van der Waals surface area contributed by atoms with Crippen LogP contribution in [0.5, 0.6) is 0 Å². The zero-order chi connectivity index (χ0) is 31.4. The summed E-state index contributed by atoms with van der Waals surface area (Å²) in [4.78, 5) is 36.0. The molecule has 0 unspecified atom stereocenters. The summed E-state index contributed by atoms with van der Waals surface area (Å²) in [5, 5.41) is 8.51. The van der Waals surface area contributed by atoms with Crippen molar-refractivity contribution in [1.29, 1.82) is 0 Å². The molecule has 2 aromatic carbocycles. The van der Waals surface area contributed by atoms with Crippen molar-refractivity contribution in [2.24, 2.45) is 0 Å². The number of aromatic amines is 2. The summed E-state index contributed by atoms with van der Waals surface area (Å²) >= 11 is 11.6. The second kappa shape index (κ2) is 13.8. The Morgan fingerprint density at radius 3 is 1.95 bits per heavy atom. The molecule has 0 aliphatic carbocycles. The van der Waals surface area contributed by atoms with E-state index in [1.165, 1.54) is 36.3 Å². The number of hydrogen-bond donors (Lipinski definition) is 3. The number of carbonyl (C=O) groups excluding carboxylic acids is 1. The van der Waals surface area contributed by atoms with Crippen LogP contribution in [0.1, 0.15) is 72.3 Å². The van der Waals surface area contributed by atoms with Crippen LogP contribution in [0.4, 0.5) is 13.6 Å². The molecule has 4 atom stereocenters. The standard InChI is InChI=1S/C16H16ClFN2O4.C14H14ClFN2O2/c1-23-16(22)20-5-4-9(14-8-15(21)19-24-14)6-13(20)11-3-2-10(17)7-12(11)18;15-9-1-2-10(11(16)6-9)12-5-8(3-4-17-12)13-7-14(19)18-20-13/h2-3,7-9,13H,4-6H2,1H3,(H,19,21);1-2,6-8,12,17H,3-5H2,(H,18,19)/t9-,13-;8-,12-/m01/s1. The van der Waals surface area contributed by atoms with E-state index in [0.717, 1.165) is 13.0 Å². The van der Waals surface area contributed by atoms with Crippen molar-refractivity contribution in [3.05, 3.63) is 114 Å². The van der Waals surface area contributed by atoms with E-state index in [2.05, 4.69) is 15.6 Å². The first-order chi connectivity index (χ1) is 21.1. The number of rotatable bonds is 4. The van der Waals surface area contributed by atoms with Gasteiger partial charge in [0.1, 0.15) is 23.2 Å². The number of aromatic nitrogens is 2. The molecule has 44 heavy (non-hydrogen) atoms. The highest BCUT2D eigenvalue weighted by molar-refractivity contribution is 6.30. The van der Waals surface area contributed by atoms with Crippen molar-refractivity contribution >= 4 is 29.3 Å². The number of piperidine rings is 2. The average molecular weight is 651 g/mol. The van der Waals surface area contributed by atoms with Gasteiger partial charge in [0.15, 0.2) is 0 Å². The lowest BCUT2D eigenvalue weighted by molar-refractivity contribution is 0.0804. The lowest BCUT2D eigenvalue weighted by Gasteiger charge is -2.38. The Hall–Kier alpha value is -3.87. The van der Waals surface area contributed by atoms with E-state index in [4.69, 9.17) is 37.0 Å². The van der Waals surface area contributed by atoms with Gasteiger partial charge in [0.2, 0.25) is 0 Å². The highest BCUT2D eigenvalue weighted by Gasteiger charge is 2.36. The van der Waals surface area contributed by atoms with Crippen LogP contribution in [0.15, 0.2) is 67.2 Å². The Bertz CT molecular complexity index is 1720. The summed E-state index contributed by atoms with van der Waals surface area (Å²) in [6, 6.07) is 11.3. The van der Waals surface area contributed by atoms with Gasteiger partial charge in [-0.25, -0.2) is 13.6 Å². The number of halogens is 4. The molecule has 6 rings (SSSR count). The van der Waals surface area contributed by atoms with Gasteiger partial charge in [-0.1, -0.05) is 35.3 Å². The Morgan fingerprint density at radius 1 is 0.864 bits per heavy atom. The minimum absolute atomic E-state index is 0.105. The molecule has 2 aliphatic rings. The van der Waals surface area contributed by atoms with Crippen LogP contribution in [0.25, 0.3) is 0 Å². The molecule has 4 heterocycles. The minimum Gasteiger partial charge on any atom is -0.453 e. The zero-order valence-electron chi connectivity index (χ0n) is 23.6. The van der Waals surface area contributed by atoms with E-state index in [0.29, 0.717) is 53.5 Å². The third-order valence-electron chi connectivity index (χ3n) is 7.97. The van der Waals surface area contributed by atoms with Crippen molar-refractivity contribution in [2.45, 2.75) is 49.6 Å². The van der Waals surface area contributed by atoms with Gasteiger partial charge in [0, 0.05) is 57.7 Å². The number of likely N-dealkylation sites (tertiary alicyclic amines) is 1. The number of ether oxygens (including phenoxy) is 1. The fraction of sp³-hybridized carbons (Fsp3) is 0.367. The molecule has 14 heteroatoms. The van der Waals surface area contributed by atoms with Crippen molar-refractivity contribution in [2.75, 3.05) is 20.2 Å². The third-order valence-corrected chi connectivity index (χ3v) is 8.44. The maximum atomic E-state index is 14.4. The maximum Gasteiger partial charge on any atom is 0.409 e. The number of nitrogens with one attached hydrogen (secondary N) is 3. The van der Waals surface area contributed by atoms with Crippen LogP contribution >= 0.6 is 23.2 Å². The summed E-state index contributed by atoms with van der Waals surface area (Å²) < 4.78 is 43.5.